The third-order valence-corrected chi connectivity index (χ3v) is 5.31. The molecule has 6 nitrogen and oxygen atoms in total. The predicted octanol–water partition coefficient (Wildman–Crippen LogP) is 4.25. The highest BCUT2D eigenvalue weighted by atomic mass is 32.2. The molecule has 0 unspecified atom stereocenters. The maximum Gasteiger partial charge on any atom is 0.235 e. The second-order valence-corrected chi connectivity index (χ2v) is 8.99. The molecule has 3 rings (SSSR count). The first-order valence-corrected chi connectivity index (χ1v) is 10.2. The molecule has 28 heavy (non-hydrogen) atoms. The van der Waals surface area contributed by atoms with Crippen molar-refractivity contribution in [1.82, 2.24) is 19.3 Å². The fourth-order valence-electron chi connectivity index (χ4n) is 2.94. The van der Waals surface area contributed by atoms with Crippen molar-refractivity contribution in [3.05, 3.63) is 53.5 Å². The van der Waals surface area contributed by atoms with Crippen LogP contribution in [-0.4, -0.2) is 31.0 Å². The lowest BCUT2D eigenvalue weighted by molar-refractivity contribution is -0.113. The number of benzene rings is 1. The lowest BCUT2D eigenvalue weighted by atomic mass is 9.92. The van der Waals surface area contributed by atoms with Gasteiger partial charge in [0, 0.05) is 36.6 Å². The van der Waals surface area contributed by atoms with Crippen LogP contribution in [0.25, 0.3) is 5.69 Å². The van der Waals surface area contributed by atoms with E-state index in [-0.39, 0.29) is 17.1 Å². The molecule has 0 spiro atoms. The van der Waals surface area contributed by atoms with Crippen LogP contribution in [0.2, 0.25) is 0 Å². The molecule has 0 aliphatic heterocycles. The van der Waals surface area contributed by atoms with Crippen molar-refractivity contribution < 1.29 is 4.79 Å². The molecule has 1 aromatic carbocycles. The number of carbonyl (C=O) groups is 1. The molecule has 0 atom stereocenters. The van der Waals surface area contributed by atoms with Crippen molar-refractivity contribution in [3.8, 4) is 5.69 Å². The van der Waals surface area contributed by atoms with Crippen LogP contribution < -0.4 is 5.32 Å². The Kier molecular flexibility index (Phi) is 5.65. The van der Waals surface area contributed by atoms with E-state index < -0.39 is 0 Å². The molecular formula is C21H27N5OS. The summed E-state index contributed by atoms with van der Waals surface area (Å²) < 4.78 is 3.72. The van der Waals surface area contributed by atoms with Gasteiger partial charge in [-0.1, -0.05) is 38.6 Å². The molecule has 2 heterocycles. The van der Waals surface area contributed by atoms with Crippen LogP contribution in [0.4, 0.5) is 5.82 Å². The quantitative estimate of drug-likeness (QED) is 0.654. The first-order chi connectivity index (χ1) is 13.1. The lowest BCUT2D eigenvalue weighted by Gasteiger charge is -2.13. The fraction of sp³-hybridized carbons (Fsp3) is 0.381. The van der Waals surface area contributed by atoms with E-state index in [9.17, 15) is 4.79 Å². The molecule has 0 aliphatic rings. The molecule has 1 amide bonds. The summed E-state index contributed by atoms with van der Waals surface area (Å²) in [5.74, 6) is 0.897. The Morgan fingerprint density at radius 2 is 1.82 bits per heavy atom. The number of imidazole rings is 1. The number of thioether (sulfide) groups is 1. The summed E-state index contributed by atoms with van der Waals surface area (Å²) in [6.07, 6.45) is 3.68. The Balaban J connectivity index is 1.68. The Morgan fingerprint density at radius 3 is 2.43 bits per heavy atom. The number of aromatic nitrogens is 4. The molecular weight excluding hydrogens is 370 g/mol. The van der Waals surface area contributed by atoms with Crippen molar-refractivity contribution in [2.75, 3.05) is 11.1 Å². The Morgan fingerprint density at radius 1 is 1.14 bits per heavy atom. The van der Waals surface area contributed by atoms with Gasteiger partial charge in [-0.15, -0.1) is 0 Å². The number of nitrogens with one attached hydrogen (secondary N) is 1. The molecule has 0 bridgehead atoms. The van der Waals surface area contributed by atoms with E-state index in [1.807, 2.05) is 23.9 Å². The third kappa shape index (κ3) is 4.65. The second kappa shape index (κ2) is 7.83. The predicted molar refractivity (Wildman–Crippen MR) is 114 cm³/mol. The van der Waals surface area contributed by atoms with Gasteiger partial charge in [0.1, 0.15) is 5.82 Å². The summed E-state index contributed by atoms with van der Waals surface area (Å²) in [6, 6.07) is 8.30. The normalized spacial score (nSPS) is 11.6. The van der Waals surface area contributed by atoms with Crippen molar-refractivity contribution >= 4 is 23.5 Å². The summed E-state index contributed by atoms with van der Waals surface area (Å²) in [5, 5.41) is 8.23. The van der Waals surface area contributed by atoms with Gasteiger partial charge in [-0.25, -0.2) is 4.98 Å². The number of amides is 1. The minimum absolute atomic E-state index is 0.0633. The van der Waals surface area contributed by atoms with Crippen LogP contribution in [0.3, 0.4) is 0 Å². The third-order valence-electron chi connectivity index (χ3n) is 4.34. The van der Waals surface area contributed by atoms with Gasteiger partial charge in [-0.3, -0.25) is 14.0 Å². The van der Waals surface area contributed by atoms with Gasteiger partial charge in [0.15, 0.2) is 5.16 Å². The first kappa shape index (κ1) is 20.2. The van der Waals surface area contributed by atoms with Gasteiger partial charge in [-0.2, -0.15) is 5.10 Å². The Labute approximate surface area is 170 Å². The number of hydrogen-bond donors (Lipinski definition) is 1. The number of anilines is 1. The van der Waals surface area contributed by atoms with Crippen molar-refractivity contribution in [1.29, 1.82) is 0 Å². The van der Waals surface area contributed by atoms with Crippen molar-refractivity contribution in [2.45, 2.75) is 45.2 Å². The maximum absolute atomic E-state index is 12.5. The minimum atomic E-state index is -0.0802. The number of hydrogen-bond acceptors (Lipinski definition) is 4. The van der Waals surface area contributed by atoms with Crippen LogP contribution in [0.1, 0.15) is 37.6 Å². The molecule has 0 radical (unpaired) electrons. The zero-order chi connectivity index (χ0) is 20.5. The van der Waals surface area contributed by atoms with Crippen LogP contribution in [0.15, 0.2) is 41.8 Å². The summed E-state index contributed by atoms with van der Waals surface area (Å²) in [5.41, 5.74) is 4.33. The van der Waals surface area contributed by atoms with Gasteiger partial charge in [0.2, 0.25) is 5.91 Å². The van der Waals surface area contributed by atoms with Crippen LogP contribution in [0, 0.1) is 13.8 Å². The number of rotatable bonds is 5. The molecule has 1 N–H and O–H groups in total. The average molecular weight is 398 g/mol. The average Bonchev–Trinajstić information content (AvgIpc) is 3.19. The van der Waals surface area contributed by atoms with Gasteiger partial charge in [0.25, 0.3) is 0 Å². The lowest BCUT2D eigenvalue weighted by Crippen LogP contribution is -2.16. The highest BCUT2D eigenvalue weighted by Gasteiger charge is 2.20. The van der Waals surface area contributed by atoms with Crippen LogP contribution >= 0.6 is 11.8 Å². The van der Waals surface area contributed by atoms with Crippen LogP contribution in [-0.2, 0) is 17.3 Å². The molecule has 0 saturated carbocycles. The maximum atomic E-state index is 12.5. The van der Waals surface area contributed by atoms with E-state index in [2.05, 4.69) is 68.2 Å². The summed E-state index contributed by atoms with van der Waals surface area (Å²) >= 11 is 1.42. The first-order valence-electron chi connectivity index (χ1n) is 9.22. The zero-order valence-electron chi connectivity index (χ0n) is 17.3. The number of nitrogens with zero attached hydrogens (tertiary/aromatic N) is 4. The van der Waals surface area contributed by atoms with Crippen LogP contribution in [0.5, 0.6) is 0 Å². The second-order valence-electron chi connectivity index (χ2n) is 8.05. The highest BCUT2D eigenvalue weighted by Crippen LogP contribution is 2.25. The number of aryl methyl sites for hydroxylation is 3. The molecule has 7 heteroatoms. The van der Waals surface area contributed by atoms with E-state index in [0.29, 0.717) is 5.82 Å². The van der Waals surface area contributed by atoms with Gasteiger partial charge in [-0.05, 0) is 37.1 Å². The van der Waals surface area contributed by atoms with Gasteiger partial charge >= 0.3 is 0 Å². The van der Waals surface area contributed by atoms with Crippen molar-refractivity contribution in [3.63, 3.8) is 0 Å². The standard InChI is InChI=1S/C21H27N5OS/c1-14-9-15(2)11-16(10-14)26-8-7-22-20(26)28-13-19(27)23-18-12-17(21(3,4)5)24-25(18)6/h7-12H,13H2,1-6H3,(H,23,27). The van der Waals surface area contributed by atoms with E-state index in [4.69, 9.17) is 0 Å². The van der Waals surface area contributed by atoms with Gasteiger partial charge in [0.05, 0.1) is 11.4 Å². The largest absolute Gasteiger partial charge is 0.310 e. The number of carbonyl (C=O) groups excluding carboxylic acids is 1. The molecule has 0 saturated heterocycles. The zero-order valence-corrected chi connectivity index (χ0v) is 18.1. The summed E-state index contributed by atoms with van der Waals surface area (Å²) in [6.45, 7) is 10.5. The molecule has 3 aromatic rings. The topological polar surface area (TPSA) is 64.7 Å². The highest BCUT2D eigenvalue weighted by molar-refractivity contribution is 7.99. The molecule has 2 aromatic heterocycles. The Bertz CT molecular complexity index is 976. The summed E-state index contributed by atoms with van der Waals surface area (Å²) in [4.78, 5) is 16.9. The van der Waals surface area contributed by atoms with E-state index in [1.54, 1.807) is 10.9 Å². The van der Waals surface area contributed by atoms with Crippen molar-refractivity contribution in [2.24, 2.45) is 7.05 Å². The summed E-state index contributed by atoms with van der Waals surface area (Å²) in [7, 11) is 1.84. The smallest absolute Gasteiger partial charge is 0.235 e. The van der Waals surface area contributed by atoms with Gasteiger partial charge < -0.3 is 5.32 Å². The SMILES string of the molecule is Cc1cc(C)cc(-n2ccnc2SCC(=O)Nc2cc(C(C)(C)C)nn2C)c1. The Hall–Kier alpha value is -2.54. The molecule has 0 fully saturated rings. The van der Waals surface area contributed by atoms with E-state index >= 15 is 0 Å². The van der Waals surface area contributed by atoms with E-state index in [1.165, 1.54) is 22.9 Å². The molecule has 0 aliphatic carbocycles. The fourth-order valence-corrected chi connectivity index (χ4v) is 3.72. The minimum Gasteiger partial charge on any atom is -0.310 e. The monoisotopic (exact) mass is 397 g/mol. The molecule has 148 valence electrons. The van der Waals surface area contributed by atoms with E-state index in [0.717, 1.165) is 16.5 Å².